The first-order valence-corrected chi connectivity index (χ1v) is 2.71. The first-order valence-electron chi connectivity index (χ1n) is 2.71. The van der Waals surface area contributed by atoms with Crippen LogP contribution in [0.5, 0.6) is 5.75 Å². The lowest BCUT2D eigenvalue weighted by Crippen LogP contribution is -2.02. The smallest absolute Gasteiger partial charge is 0.335 e. The lowest BCUT2D eigenvalue weighted by molar-refractivity contribution is -0.268. The predicted molar refractivity (Wildman–Crippen MR) is 36.5 cm³/mol. The Hall–Kier alpha value is -1.55. The van der Waals surface area contributed by atoms with E-state index in [4.69, 9.17) is 5.11 Å². The van der Waals surface area contributed by atoms with Gasteiger partial charge in [-0.3, -0.25) is 0 Å². The van der Waals surface area contributed by atoms with E-state index in [0.29, 0.717) is 0 Å². The molecule has 11 heavy (non-hydrogen) atoms. The van der Waals surface area contributed by atoms with Crippen molar-refractivity contribution in [3.05, 3.63) is 29.8 Å². The molecule has 1 aromatic carbocycles. The zero-order valence-corrected chi connectivity index (χ0v) is 5.57. The van der Waals surface area contributed by atoms with E-state index in [1.54, 1.807) is 0 Å². The van der Waals surface area contributed by atoms with E-state index in [1.807, 2.05) is 0 Å². The molecular weight excluding hydrogens is 148 g/mol. The molecule has 0 heterocycles. The molecule has 0 saturated heterocycles. The third-order valence-corrected chi connectivity index (χ3v) is 1.12. The standard InChI is InChI=1S/C7H6O3.H2O/c8-6-4-2-1-3-5(6)7(9)10;/h1-4,8H,(H,9,10);1H2/p-1. The van der Waals surface area contributed by atoms with Crippen LogP contribution in [-0.4, -0.2) is 16.6 Å². The minimum atomic E-state index is -1.18. The van der Waals surface area contributed by atoms with E-state index >= 15 is 0 Å². The lowest BCUT2D eigenvalue weighted by Gasteiger charge is -2.07. The second-order valence-electron chi connectivity index (χ2n) is 1.80. The first-order chi connectivity index (χ1) is 4.72. The fraction of sp³-hybridized carbons (Fsp3) is 0. The SMILES string of the molecule is O.O=C(O)c1ccccc1[O-]. The van der Waals surface area contributed by atoms with E-state index in [1.165, 1.54) is 24.3 Å². The van der Waals surface area contributed by atoms with Gasteiger partial charge in [0, 0.05) is 0 Å². The number of hydrogen-bond acceptors (Lipinski definition) is 2. The minimum absolute atomic E-state index is 0. The highest BCUT2D eigenvalue weighted by Gasteiger charge is 1.99. The molecule has 0 bridgehead atoms. The van der Waals surface area contributed by atoms with Gasteiger partial charge in [0.25, 0.3) is 0 Å². The summed E-state index contributed by atoms with van der Waals surface area (Å²) in [6.45, 7) is 0. The van der Waals surface area contributed by atoms with Crippen LogP contribution in [0.1, 0.15) is 10.4 Å². The van der Waals surface area contributed by atoms with E-state index in [9.17, 15) is 9.90 Å². The summed E-state index contributed by atoms with van der Waals surface area (Å²) < 4.78 is 0. The Kier molecular flexibility index (Phi) is 3.07. The summed E-state index contributed by atoms with van der Waals surface area (Å²) in [7, 11) is 0. The second kappa shape index (κ2) is 3.58. The molecule has 0 fully saturated rings. The average molecular weight is 155 g/mol. The molecule has 60 valence electrons. The van der Waals surface area contributed by atoms with E-state index in [-0.39, 0.29) is 11.0 Å². The van der Waals surface area contributed by atoms with Crippen molar-refractivity contribution in [2.45, 2.75) is 0 Å². The summed E-state index contributed by atoms with van der Waals surface area (Å²) in [6.07, 6.45) is 0. The molecule has 0 amide bonds. The Balaban J connectivity index is 0.000001000. The number of hydrogen-bond donors (Lipinski definition) is 1. The summed E-state index contributed by atoms with van der Waals surface area (Å²) in [6, 6.07) is 5.54. The molecule has 4 nitrogen and oxygen atoms in total. The fourth-order valence-electron chi connectivity index (χ4n) is 0.643. The van der Waals surface area contributed by atoms with Gasteiger partial charge in [-0.05, 0) is 6.07 Å². The van der Waals surface area contributed by atoms with Crippen molar-refractivity contribution < 1.29 is 20.5 Å². The normalized spacial score (nSPS) is 8.36. The topological polar surface area (TPSA) is 91.9 Å². The summed E-state index contributed by atoms with van der Waals surface area (Å²) >= 11 is 0. The van der Waals surface area contributed by atoms with Crippen LogP contribution in [0.2, 0.25) is 0 Å². The Morgan fingerprint density at radius 2 is 1.91 bits per heavy atom. The number of benzene rings is 1. The molecule has 0 aliphatic rings. The quantitative estimate of drug-likeness (QED) is 0.599. The highest BCUT2D eigenvalue weighted by Crippen LogP contribution is 2.10. The highest BCUT2D eigenvalue weighted by atomic mass is 16.4. The Labute approximate surface area is 63.0 Å². The molecule has 4 heteroatoms. The van der Waals surface area contributed by atoms with Crippen molar-refractivity contribution >= 4 is 5.97 Å². The van der Waals surface area contributed by atoms with Gasteiger partial charge in [0.05, 0.1) is 5.56 Å². The zero-order valence-electron chi connectivity index (χ0n) is 5.57. The largest absolute Gasteiger partial charge is 0.872 e. The Morgan fingerprint density at radius 3 is 2.27 bits per heavy atom. The number of rotatable bonds is 1. The van der Waals surface area contributed by atoms with Gasteiger partial charge in [-0.25, -0.2) is 4.79 Å². The van der Waals surface area contributed by atoms with Crippen molar-refractivity contribution in [1.82, 2.24) is 0 Å². The van der Waals surface area contributed by atoms with Gasteiger partial charge >= 0.3 is 5.97 Å². The highest BCUT2D eigenvalue weighted by molar-refractivity contribution is 5.90. The molecule has 1 aromatic rings. The molecule has 0 spiro atoms. The maximum Gasteiger partial charge on any atom is 0.335 e. The van der Waals surface area contributed by atoms with Crippen LogP contribution in [-0.2, 0) is 0 Å². The lowest BCUT2D eigenvalue weighted by atomic mass is 10.2. The third kappa shape index (κ3) is 1.94. The molecule has 0 aliphatic carbocycles. The third-order valence-electron chi connectivity index (χ3n) is 1.12. The molecule has 0 radical (unpaired) electrons. The van der Waals surface area contributed by atoms with Gasteiger partial charge in [-0.1, -0.05) is 23.9 Å². The van der Waals surface area contributed by atoms with E-state index in [2.05, 4.69) is 0 Å². The Morgan fingerprint density at radius 1 is 1.36 bits per heavy atom. The number of carboxylic acids is 1. The van der Waals surface area contributed by atoms with Crippen LogP contribution in [0.25, 0.3) is 0 Å². The molecule has 0 aliphatic heterocycles. The van der Waals surface area contributed by atoms with Crippen molar-refractivity contribution in [3.8, 4) is 5.75 Å². The van der Waals surface area contributed by atoms with Crippen LogP contribution in [0.4, 0.5) is 0 Å². The van der Waals surface area contributed by atoms with Crippen molar-refractivity contribution in [2.24, 2.45) is 0 Å². The van der Waals surface area contributed by atoms with Crippen molar-refractivity contribution in [3.63, 3.8) is 0 Å². The number of carboxylic acid groups (broad SMARTS) is 1. The van der Waals surface area contributed by atoms with Crippen molar-refractivity contribution in [2.75, 3.05) is 0 Å². The average Bonchev–Trinajstić information content (AvgIpc) is 1.88. The van der Waals surface area contributed by atoms with Gasteiger partial charge in [-0.15, -0.1) is 0 Å². The molecular formula is C7H7O4-. The predicted octanol–water partition coefficient (Wildman–Crippen LogP) is -0.366. The van der Waals surface area contributed by atoms with E-state index in [0.717, 1.165) is 0 Å². The van der Waals surface area contributed by atoms with Crippen LogP contribution in [0.15, 0.2) is 24.3 Å². The van der Waals surface area contributed by atoms with Gasteiger partial charge in [-0.2, -0.15) is 0 Å². The summed E-state index contributed by atoms with van der Waals surface area (Å²) in [5.74, 6) is -1.62. The van der Waals surface area contributed by atoms with Gasteiger partial charge in [0.1, 0.15) is 0 Å². The van der Waals surface area contributed by atoms with E-state index < -0.39 is 11.7 Å². The minimum Gasteiger partial charge on any atom is -0.872 e. The molecule has 0 atom stereocenters. The number of aromatic carboxylic acids is 1. The van der Waals surface area contributed by atoms with Crippen LogP contribution >= 0.6 is 0 Å². The number of carbonyl (C=O) groups is 1. The van der Waals surface area contributed by atoms with Crippen LogP contribution in [0, 0.1) is 0 Å². The molecule has 0 aromatic heterocycles. The van der Waals surface area contributed by atoms with Crippen LogP contribution in [0.3, 0.4) is 0 Å². The van der Waals surface area contributed by atoms with Crippen LogP contribution < -0.4 is 5.11 Å². The van der Waals surface area contributed by atoms with Gasteiger partial charge in [0.15, 0.2) is 0 Å². The first kappa shape index (κ1) is 9.45. The maximum absolute atomic E-state index is 10.7. The maximum atomic E-state index is 10.7. The fourth-order valence-corrected chi connectivity index (χ4v) is 0.643. The summed E-state index contributed by atoms with van der Waals surface area (Å²) in [4.78, 5) is 10.2. The molecule has 1 rings (SSSR count). The second-order valence-corrected chi connectivity index (χ2v) is 1.80. The molecule has 3 N–H and O–H groups in total. The summed E-state index contributed by atoms with van der Waals surface area (Å²) in [5.41, 5.74) is -0.178. The van der Waals surface area contributed by atoms with Crippen molar-refractivity contribution in [1.29, 1.82) is 0 Å². The zero-order chi connectivity index (χ0) is 7.56. The summed E-state index contributed by atoms with van der Waals surface area (Å²) in [5, 5.41) is 19.0. The van der Waals surface area contributed by atoms with Gasteiger partial charge in [0.2, 0.25) is 0 Å². The molecule has 0 unspecified atom stereocenters. The monoisotopic (exact) mass is 155 g/mol. The Bertz CT molecular complexity index is 256. The molecule has 0 saturated carbocycles. The van der Waals surface area contributed by atoms with Gasteiger partial charge < -0.3 is 15.7 Å². The number of para-hydroxylation sites is 1.